The largest absolute Gasteiger partial charge is 0.508 e. The van der Waals surface area contributed by atoms with Gasteiger partial charge in [0.05, 0.1) is 6.33 Å². The molecule has 7 heteroatoms. The summed E-state index contributed by atoms with van der Waals surface area (Å²) in [6, 6.07) is 1.89. The third-order valence-electron chi connectivity index (χ3n) is 3.93. The number of aliphatic hydroxyl groups is 1. The van der Waals surface area contributed by atoms with Crippen molar-refractivity contribution in [2.45, 2.75) is 19.8 Å². The molecule has 0 saturated carbocycles. The summed E-state index contributed by atoms with van der Waals surface area (Å²) in [7, 11) is 0. The Labute approximate surface area is 159 Å². The van der Waals surface area contributed by atoms with Gasteiger partial charge >= 0.3 is 0 Å². The number of aromatic amines is 1. The molecule has 1 aromatic rings. The molecule has 144 valence electrons. The van der Waals surface area contributed by atoms with Crippen molar-refractivity contribution >= 4 is 5.84 Å². The molecule has 6 nitrogen and oxygen atoms in total. The quantitative estimate of drug-likeness (QED) is 0.437. The van der Waals surface area contributed by atoms with Gasteiger partial charge in [0.2, 0.25) is 0 Å². The molecule has 0 aliphatic carbocycles. The highest BCUT2D eigenvalue weighted by molar-refractivity contribution is 5.98. The summed E-state index contributed by atoms with van der Waals surface area (Å²) in [6.45, 7) is 7.07. The second kappa shape index (κ2) is 10.9. The lowest BCUT2D eigenvalue weighted by atomic mass is 9.99. The smallest absolute Gasteiger partial charge is 0.157 e. The van der Waals surface area contributed by atoms with E-state index in [-0.39, 0.29) is 11.7 Å². The summed E-state index contributed by atoms with van der Waals surface area (Å²) < 4.78 is 12.7. The zero-order valence-corrected chi connectivity index (χ0v) is 15.5. The van der Waals surface area contributed by atoms with Crippen LogP contribution in [-0.4, -0.2) is 34.2 Å². The molecule has 1 atom stereocenters. The molecule has 4 N–H and O–H groups in total. The lowest BCUT2D eigenvalue weighted by molar-refractivity contribution is 0.430. The molecule has 2 heterocycles. The second-order valence-corrected chi connectivity index (χ2v) is 6.13. The Balaban J connectivity index is 2.07. The van der Waals surface area contributed by atoms with Crippen LogP contribution in [0.25, 0.3) is 0 Å². The van der Waals surface area contributed by atoms with E-state index in [2.05, 4.69) is 32.4 Å². The van der Waals surface area contributed by atoms with Gasteiger partial charge in [-0.05, 0) is 43.9 Å². The Morgan fingerprint density at radius 1 is 1.48 bits per heavy atom. The fraction of sp³-hybridized carbons (Fsp3) is 0.300. The van der Waals surface area contributed by atoms with Crippen LogP contribution in [-0.2, 0) is 6.42 Å². The summed E-state index contributed by atoms with van der Waals surface area (Å²) >= 11 is 0. The molecule has 0 amide bonds. The van der Waals surface area contributed by atoms with E-state index in [0.29, 0.717) is 37.2 Å². The first-order valence-electron chi connectivity index (χ1n) is 8.84. The number of aromatic nitrogens is 2. The van der Waals surface area contributed by atoms with Gasteiger partial charge in [-0.1, -0.05) is 24.8 Å². The fourth-order valence-corrected chi connectivity index (χ4v) is 2.52. The van der Waals surface area contributed by atoms with Crippen molar-refractivity contribution in [3.8, 4) is 0 Å². The molecule has 0 radical (unpaired) electrons. The number of rotatable bonds is 7. The van der Waals surface area contributed by atoms with E-state index in [0.717, 1.165) is 17.9 Å². The molecule has 1 aromatic heterocycles. The number of aliphatic imine (C=N–C) groups is 1. The maximum Gasteiger partial charge on any atom is 0.157 e. The van der Waals surface area contributed by atoms with Crippen LogP contribution in [0.4, 0.5) is 4.39 Å². The van der Waals surface area contributed by atoms with Crippen LogP contribution >= 0.6 is 0 Å². The van der Waals surface area contributed by atoms with Gasteiger partial charge in [-0.15, -0.1) is 0 Å². The third kappa shape index (κ3) is 7.07. The average molecular weight is 371 g/mol. The molecule has 0 bridgehead atoms. The van der Waals surface area contributed by atoms with Gasteiger partial charge in [-0.2, -0.15) is 5.10 Å². The molecular formula is C20H26FN5O. The maximum atomic E-state index is 12.7. The first-order valence-corrected chi connectivity index (χ1v) is 8.84. The predicted octanol–water partition coefficient (Wildman–Crippen LogP) is 3.43. The number of aliphatic hydroxyl groups excluding tert-OH is 1. The highest BCUT2D eigenvalue weighted by Gasteiger charge is 2.12. The lowest BCUT2D eigenvalue weighted by Gasteiger charge is -2.09. The first-order chi connectivity index (χ1) is 13.1. The van der Waals surface area contributed by atoms with Crippen molar-refractivity contribution < 1.29 is 9.50 Å². The summed E-state index contributed by atoms with van der Waals surface area (Å²) in [5.74, 6) is 0.741. The van der Waals surface area contributed by atoms with Crippen LogP contribution in [0.2, 0.25) is 0 Å². The van der Waals surface area contributed by atoms with Gasteiger partial charge < -0.3 is 15.7 Å². The minimum atomic E-state index is -0.0568. The van der Waals surface area contributed by atoms with Crippen LogP contribution in [0.1, 0.15) is 24.7 Å². The van der Waals surface area contributed by atoms with Crippen molar-refractivity contribution in [1.82, 2.24) is 20.8 Å². The minimum absolute atomic E-state index is 0.0568. The van der Waals surface area contributed by atoms with Crippen molar-refractivity contribution in [3.05, 3.63) is 78.4 Å². The van der Waals surface area contributed by atoms with Gasteiger partial charge in [-0.25, -0.2) is 9.38 Å². The van der Waals surface area contributed by atoms with Crippen molar-refractivity contribution in [2.75, 3.05) is 13.1 Å². The average Bonchev–Trinajstić information content (AvgIpc) is 3.14. The molecule has 0 spiro atoms. The molecule has 27 heavy (non-hydrogen) atoms. The molecule has 1 unspecified atom stereocenters. The number of H-pyrrole nitrogens is 1. The summed E-state index contributed by atoms with van der Waals surface area (Å²) in [6.07, 6.45) is 11.9. The molecule has 2 rings (SSSR count). The van der Waals surface area contributed by atoms with Gasteiger partial charge in [-0.3, -0.25) is 5.10 Å². The van der Waals surface area contributed by atoms with E-state index >= 15 is 0 Å². The number of hydrogen-bond donors (Lipinski definition) is 4. The standard InChI is InChI=1S/C20H26FN5O/c1-3-18(27)7-4-6-16(8-9-21)12-17-13-19(26-25-17)20-23-11-5-10-22-14-15(2)24-20/h3-5,7-9,11,13,16,22,27H,2,6,10,12,14H2,1H3,(H,23,24)(H,25,26)/b7-4-,9-8+,11-5+,18-3+. The molecule has 0 fully saturated rings. The minimum Gasteiger partial charge on any atom is -0.508 e. The highest BCUT2D eigenvalue weighted by atomic mass is 19.1. The molecule has 0 saturated heterocycles. The molecular weight excluding hydrogens is 345 g/mol. The number of nitrogens with zero attached hydrogens (tertiary/aromatic N) is 2. The summed E-state index contributed by atoms with van der Waals surface area (Å²) in [5.41, 5.74) is 2.34. The van der Waals surface area contributed by atoms with Crippen molar-refractivity contribution in [1.29, 1.82) is 0 Å². The van der Waals surface area contributed by atoms with Crippen LogP contribution in [0, 0.1) is 5.92 Å². The van der Waals surface area contributed by atoms with Gasteiger partial charge in [0, 0.05) is 30.7 Å². The molecule has 1 aliphatic heterocycles. The van der Waals surface area contributed by atoms with Gasteiger partial charge in [0.15, 0.2) is 5.84 Å². The van der Waals surface area contributed by atoms with E-state index in [1.165, 1.54) is 6.08 Å². The van der Waals surface area contributed by atoms with Crippen molar-refractivity contribution in [3.63, 3.8) is 0 Å². The SMILES string of the molecule is C=C1CNC/C=C/N=C(c2cc(CC(/C=C/F)C/C=C\C(O)=C/C)[nH]n2)N1. The van der Waals surface area contributed by atoms with Crippen LogP contribution in [0.15, 0.2) is 72.0 Å². The summed E-state index contributed by atoms with van der Waals surface area (Å²) in [5, 5.41) is 23.1. The van der Waals surface area contributed by atoms with Crippen LogP contribution < -0.4 is 10.6 Å². The van der Waals surface area contributed by atoms with E-state index in [9.17, 15) is 9.50 Å². The second-order valence-electron chi connectivity index (χ2n) is 6.13. The first kappa shape index (κ1) is 20.4. The fourth-order valence-electron chi connectivity index (χ4n) is 2.52. The van der Waals surface area contributed by atoms with E-state index in [1.54, 1.807) is 25.3 Å². The maximum absolute atomic E-state index is 12.7. The molecule has 0 aromatic carbocycles. The normalized spacial score (nSPS) is 18.7. The Morgan fingerprint density at radius 2 is 2.33 bits per heavy atom. The Kier molecular flexibility index (Phi) is 8.25. The Morgan fingerprint density at radius 3 is 3.11 bits per heavy atom. The Bertz CT molecular complexity index is 773. The highest BCUT2D eigenvalue weighted by Crippen LogP contribution is 2.15. The van der Waals surface area contributed by atoms with Gasteiger partial charge in [0.1, 0.15) is 11.5 Å². The Hall–Kier alpha value is -2.93. The topological polar surface area (TPSA) is 85.3 Å². The number of amidine groups is 1. The lowest BCUT2D eigenvalue weighted by Crippen LogP contribution is -2.29. The van der Waals surface area contributed by atoms with Crippen LogP contribution in [0.5, 0.6) is 0 Å². The van der Waals surface area contributed by atoms with Crippen molar-refractivity contribution in [2.24, 2.45) is 10.9 Å². The van der Waals surface area contributed by atoms with E-state index in [4.69, 9.17) is 0 Å². The van der Waals surface area contributed by atoms with Gasteiger partial charge in [0.25, 0.3) is 0 Å². The zero-order valence-electron chi connectivity index (χ0n) is 15.5. The number of hydrogen-bond acceptors (Lipinski definition) is 5. The third-order valence-corrected chi connectivity index (χ3v) is 3.93. The van der Waals surface area contributed by atoms with E-state index in [1.807, 2.05) is 18.2 Å². The summed E-state index contributed by atoms with van der Waals surface area (Å²) in [4.78, 5) is 4.39. The molecule has 1 aliphatic rings. The number of halogens is 1. The monoisotopic (exact) mass is 371 g/mol. The predicted molar refractivity (Wildman–Crippen MR) is 107 cm³/mol. The number of allylic oxidation sites excluding steroid dienone is 4. The number of nitrogens with one attached hydrogen (secondary N) is 3. The van der Waals surface area contributed by atoms with E-state index < -0.39 is 0 Å². The zero-order chi connectivity index (χ0) is 19.5. The van der Waals surface area contributed by atoms with Crippen LogP contribution in [0.3, 0.4) is 0 Å².